The summed E-state index contributed by atoms with van der Waals surface area (Å²) in [5.74, 6) is -0.989. The first-order valence-electron chi connectivity index (χ1n) is 5.32. The molecule has 0 bridgehead atoms. The van der Waals surface area contributed by atoms with Crippen LogP contribution in [0.15, 0.2) is 36.5 Å². The number of aryl methyl sites for hydroxylation is 1. The van der Waals surface area contributed by atoms with Crippen molar-refractivity contribution in [1.82, 2.24) is 4.57 Å². The van der Waals surface area contributed by atoms with Crippen molar-refractivity contribution in [2.24, 2.45) is 0 Å². The van der Waals surface area contributed by atoms with Crippen molar-refractivity contribution in [3.05, 3.63) is 52.8 Å². The Kier molecular flexibility index (Phi) is 3.20. The Bertz CT molecular complexity index is 543. The van der Waals surface area contributed by atoms with E-state index >= 15 is 0 Å². The number of hydrogen-bond acceptors (Lipinski definition) is 1. The van der Waals surface area contributed by atoms with Gasteiger partial charge in [0, 0.05) is 11.9 Å². The van der Waals surface area contributed by atoms with Crippen molar-refractivity contribution >= 4 is 17.6 Å². The quantitative estimate of drug-likeness (QED) is 0.906. The van der Waals surface area contributed by atoms with E-state index in [1.807, 2.05) is 24.3 Å². The summed E-state index contributed by atoms with van der Waals surface area (Å²) in [7, 11) is 0. The number of rotatable bonds is 3. The molecule has 1 heterocycles. The zero-order chi connectivity index (χ0) is 12.4. The van der Waals surface area contributed by atoms with Crippen LogP contribution in [0.4, 0.5) is 0 Å². The lowest BCUT2D eigenvalue weighted by Gasteiger charge is -2.06. The van der Waals surface area contributed by atoms with E-state index in [4.69, 9.17) is 16.7 Å². The van der Waals surface area contributed by atoms with Crippen LogP contribution in [0.3, 0.4) is 0 Å². The van der Waals surface area contributed by atoms with Crippen LogP contribution in [0.1, 0.15) is 23.0 Å². The van der Waals surface area contributed by atoms with Gasteiger partial charge in [-0.2, -0.15) is 0 Å². The summed E-state index contributed by atoms with van der Waals surface area (Å²) < 4.78 is 1.57. The van der Waals surface area contributed by atoms with E-state index in [9.17, 15) is 4.79 Å². The summed E-state index contributed by atoms with van der Waals surface area (Å²) >= 11 is 5.83. The van der Waals surface area contributed by atoms with Crippen LogP contribution in [-0.2, 0) is 6.42 Å². The van der Waals surface area contributed by atoms with E-state index < -0.39 is 5.97 Å². The molecule has 17 heavy (non-hydrogen) atoms. The Morgan fingerprint density at radius 2 is 2.00 bits per heavy atom. The Labute approximate surface area is 104 Å². The predicted molar refractivity (Wildman–Crippen MR) is 67.1 cm³/mol. The molecule has 1 N–H and O–H groups in total. The van der Waals surface area contributed by atoms with E-state index in [2.05, 4.69) is 6.92 Å². The van der Waals surface area contributed by atoms with Crippen LogP contribution in [0.5, 0.6) is 0 Å². The number of aromatic carboxylic acids is 1. The van der Waals surface area contributed by atoms with Crippen molar-refractivity contribution in [2.45, 2.75) is 13.3 Å². The first-order valence-corrected chi connectivity index (χ1v) is 5.70. The van der Waals surface area contributed by atoms with Gasteiger partial charge >= 0.3 is 5.97 Å². The van der Waals surface area contributed by atoms with Gasteiger partial charge in [0.05, 0.1) is 5.02 Å². The lowest BCUT2D eigenvalue weighted by atomic mass is 10.1. The molecule has 88 valence electrons. The molecule has 2 rings (SSSR count). The fraction of sp³-hybridized carbons (Fsp3) is 0.154. The Hall–Kier alpha value is -1.74. The van der Waals surface area contributed by atoms with Crippen molar-refractivity contribution in [2.75, 3.05) is 0 Å². The Morgan fingerprint density at radius 1 is 1.35 bits per heavy atom. The molecule has 2 aromatic rings. The minimum atomic E-state index is -0.989. The van der Waals surface area contributed by atoms with Gasteiger partial charge in [0.1, 0.15) is 5.69 Å². The van der Waals surface area contributed by atoms with Gasteiger partial charge < -0.3 is 9.67 Å². The van der Waals surface area contributed by atoms with Crippen LogP contribution in [-0.4, -0.2) is 15.6 Å². The minimum absolute atomic E-state index is 0.166. The third-order valence-corrected chi connectivity index (χ3v) is 2.84. The highest BCUT2D eigenvalue weighted by Gasteiger charge is 2.12. The molecular formula is C13H12ClNO2. The number of nitrogens with zero attached hydrogens (tertiary/aromatic N) is 1. The molecule has 1 aromatic carbocycles. The number of carbonyl (C=O) groups is 1. The van der Waals surface area contributed by atoms with Gasteiger partial charge in [-0.1, -0.05) is 30.7 Å². The van der Waals surface area contributed by atoms with Crippen molar-refractivity contribution in [3.8, 4) is 5.69 Å². The first kappa shape index (κ1) is 11.7. The molecule has 0 fully saturated rings. The van der Waals surface area contributed by atoms with Crippen LogP contribution in [0, 0.1) is 0 Å². The maximum atomic E-state index is 11.1. The molecule has 1 aromatic heterocycles. The second-order valence-electron chi connectivity index (χ2n) is 3.74. The third kappa shape index (κ3) is 2.34. The van der Waals surface area contributed by atoms with Gasteiger partial charge in [0.15, 0.2) is 0 Å². The molecule has 0 unspecified atom stereocenters. The number of carboxylic acid groups (broad SMARTS) is 1. The molecule has 0 spiro atoms. The van der Waals surface area contributed by atoms with Gasteiger partial charge in [-0.05, 0) is 30.2 Å². The predicted octanol–water partition coefficient (Wildman–Crippen LogP) is 3.39. The largest absolute Gasteiger partial charge is 0.477 e. The van der Waals surface area contributed by atoms with Crippen molar-refractivity contribution < 1.29 is 9.90 Å². The van der Waals surface area contributed by atoms with Gasteiger partial charge in [0.2, 0.25) is 0 Å². The molecule has 0 amide bonds. The van der Waals surface area contributed by atoms with E-state index in [0.29, 0.717) is 5.02 Å². The minimum Gasteiger partial charge on any atom is -0.477 e. The standard InChI is InChI=1S/C13H12ClNO2/c1-2-9-3-5-11(6-4-9)15-8-10(14)7-12(15)13(16)17/h3-8H,2H2,1H3,(H,16,17). The van der Waals surface area contributed by atoms with Crippen LogP contribution < -0.4 is 0 Å². The SMILES string of the molecule is CCc1ccc(-n2cc(Cl)cc2C(=O)O)cc1. The molecular weight excluding hydrogens is 238 g/mol. The highest BCUT2D eigenvalue weighted by Crippen LogP contribution is 2.20. The fourth-order valence-corrected chi connectivity index (χ4v) is 1.90. The van der Waals surface area contributed by atoms with Crippen molar-refractivity contribution in [3.63, 3.8) is 0 Å². The highest BCUT2D eigenvalue weighted by molar-refractivity contribution is 6.31. The summed E-state index contributed by atoms with van der Waals surface area (Å²) in [6.45, 7) is 2.07. The van der Waals surface area contributed by atoms with E-state index in [-0.39, 0.29) is 5.69 Å². The number of benzene rings is 1. The number of carboxylic acids is 1. The van der Waals surface area contributed by atoms with Crippen LogP contribution >= 0.6 is 11.6 Å². The molecule has 0 aliphatic heterocycles. The smallest absolute Gasteiger partial charge is 0.352 e. The Morgan fingerprint density at radius 3 is 2.53 bits per heavy atom. The number of halogens is 1. The van der Waals surface area contributed by atoms with Gasteiger partial charge in [-0.15, -0.1) is 0 Å². The van der Waals surface area contributed by atoms with Crippen molar-refractivity contribution in [1.29, 1.82) is 0 Å². The summed E-state index contributed by atoms with van der Waals surface area (Å²) in [4.78, 5) is 11.1. The summed E-state index contributed by atoms with van der Waals surface area (Å²) in [5.41, 5.74) is 2.18. The molecule has 0 radical (unpaired) electrons. The summed E-state index contributed by atoms with van der Waals surface area (Å²) in [5, 5.41) is 9.48. The summed E-state index contributed by atoms with van der Waals surface area (Å²) in [6.07, 6.45) is 2.56. The normalized spacial score (nSPS) is 10.5. The molecule has 0 aliphatic rings. The molecule has 0 aliphatic carbocycles. The topological polar surface area (TPSA) is 42.2 Å². The van der Waals surface area contributed by atoms with Gasteiger partial charge in [-0.25, -0.2) is 4.79 Å². The highest BCUT2D eigenvalue weighted by atomic mass is 35.5. The molecule has 0 saturated heterocycles. The lowest BCUT2D eigenvalue weighted by Crippen LogP contribution is -2.05. The maximum absolute atomic E-state index is 11.1. The van der Waals surface area contributed by atoms with Gasteiger partial charge in [0.25, 0.3) is 0 Å². The fourth-order valence-electron chi connectivity index (χ4n) is 1.70. The van der Waals surface area contributed by atoms with E-state index in [1.54, 1.807) is 10.8 Å². The molecule has 0 atom stereocenters. The average Bonchev–Trinajstić information content (AvgIpc) is 2.72. The zero-order valence-corrected chi connectivity index (χ0v) is 10.1. The Balaban J connectivity index is 2.48. The molecule has 0 saturated carbocycles. The first-order chi connectivity index (χ1) is 8.11. The third-order valence-electron chi connectivity index (χ3n) is 2.63. The van der Waals surface area contributed by atoms with Crippen LogP contribution in [0.25, 0.3) is 5.69 Å². The van der Waals surface area contributed by atoms with E-state index in [1.165, 1.54) is 11.6 Å². The second-order valence-corrected chi connectivity index (χ2v) is 4.18. The summed E-state index contributed by atoms with van der Waals surface area (Å²) in [6, 6.07) is 9.19. The van der Waals surface area contributed by atoms with Gasteiger partial charge in [-0.3, -0.25) is 0 Å². The average molecular weight is 250 g/mol. The number of hydrogen-bond donors (Lipinski definition) is 1. The van der Waals surface area contributed by atoms with Crippen LogP contribution in [0.2, 0.25) is 5.02 Å². The van der Waals surface area contributed by atoms with E-state index in [0.717, 1.165) is 12.1 Å². The molecule has 4 heteroatoms. The number of aromatic nitrogens is 1. The second kappa shape index (κ2) is 4.63. The monoisotopic (exact) mass is 249 g/mol. The molecule has 3 nitrogen and oxygen atoms in total. The zero-order valence-electron chi connectivity index (χ0n) is 9.35. The lowest BCUT2D eigenvalue weighted by molar-refractivity contribution is 0.0688. The maximum Gasteiger partial charge on any atom is 0.352 e.